The van der Waals surface area contributed by atoms with Gasteiger partial charge in [-0.05, 0) is 11.5 Å². The first-order valence-corrected chi connectivity index (χ1v) is 4.92. The summed E-state index contributed by atoms with van der Waals surface area (Å²) in [5, 5.41) is 10.8. The minimum absolute atomic E-state index is 0.104. The van der Waals surface area contributed by atoms with Gasteiger partial charge < -0.3 is 0 Å². The lowest BCUT2D eigenvalue weighted by atomic mass is 9.90. The number of fused-ring (bicyclic) bond motifs is 1. The Kier molecular flexibility index (Phi) is 2.26. The number of para-hydroxylation sites is 1. The first kappa shape index (κ1) is 9.83. The third kappa shape index (κ3) is 1.52. The second-order valence-corrected chi connectivity index (χ2v) is 4.02. The maximum Gasteiger partial charge on any atom is 0.295 e. The monoisotopic (exact) mass is 204 g/mol. The minimum Gasteiger partial charge on any atom is -0.258 e. The molecule has 0 radical (unpaired) electrons. The molecule has 0 fully saturated rings. The van der Waals surface area contributed by atoms with Gasteiger partial charge in [-0.3, -0.25) is 15.1 Å². The molecular formula is C11H12N2O2. The van der Waals surface area contributed by atoms with Crippen LogP contribution in [0, 0.1) is 16.0 Å². The molecule has 1 heterocycles. The SMILES string of the molecule is CC(C)C1C=Nc2c1cccc2[N+](=O)[O-]. The Morgan fingerprint density at radius 3 is 2.80 bits per heavy atom. The molecule has 78 valence electrons. The van der Waals surface area contributed by atoms with Crippen molar-refractivity contribution in [3.05, 3.63) is 33.9 Å². The van der Waals surface area contributed by atoms with Crippen molar-refractivity contribution in [2.45, 2.75) is 19.8 Å². The molecule has 1 aliphatic heterocycles. The normalized spacial score (nSPS) is 18.2. The van der Waals surface area contributed by atoms with Crippen molar-refractivity contribution in [2.75, 3.05) is 0 Å². The molecule has 0 N–H and O–H groups in total. The molecule has 0 spiro atoms. The Labute approximate surface area is 87.8 Å². The number of hydrogen-bond donors (Lipinski definition) is 0. The maximum atomic E-state index is 10.8. The van der Waals surface area contributed by atoms with E-state index < -0.39 is 0 Å². The standard InChI is InChI=1S/C11H12N2O2/c1-7(2)9-6-12-11-8(9)4-3-5-10(11)13(14)15/h3-7,9H,1-2H3. The van der Waals surface area contributed by atoms with Crippen LogP contribution in [0.5, 0.6) is 0 Å². The summed E-state index contributed by atoms with van der Waals surface area (Å²) in [6, 6.07) is 5.14. The lowest BCUT2D eigenvalue weighted by Crippen LogP contribution is -2.04. The largest absolute Gasteiger partial charge is 0.295 e. The Morgan fingerprint density at radius 2 is 2.20 bits per heavy atom. The molecular weight excluding hydrogens is 192 g/mol. The van der Waals surface area contributed by atoms with Gasteiger partial charge in [0.05, 0.1) is 4.92 Å². The lowest BCUT2D eigenvalue weighted by molar-refractivity contribution is -0.384. The molecule has 4 heteroatoms. The van der Waals surface area contributed by atoms with Gasteiger partial charge in [0.1, 0.15) is 5.69 Å². The Bertz CT molecular complexity index is 438. The highest BCUT2D eigenvalue weighted by Crippen LogP contribution is 2.41. The van der Waals surface area contributed by atoms with Crippen LogP contribution in [-0.4, -0.2) is 11.1 Å². The van der Waals surface area contributed by atoms with Gasteiger partial charge in [0.25, 0.3) is 5.69 Å². The molecule has 1 aromatic rings. The summed E-state index contributed by atoms with van der Waals surface area (Å²) < 4.78 is 0. The van der Waals surface area contributed by atoms with Crippen molar-refractivity contribution < 1.29 is 4.92 Å². The van der Waals surface area contributed by atoms with Gasteiger partial charge in [0.15, 0.2) is 0 Å². The summed E-state index contributed by atoms with van der Waals surface area (Å²) in [5.41, 5.74) is 1.60. The number of benzene rings is 1. The van der Waals surface area contributed by atoms with Crippen molar-refractivity contribution >= 4 is 17.6 Å². The van der Waals surface area contributed by atoms with E-state index in [2.05, 4.69) is 18.8 Å². The van der Waals surface area contributed by atoms with Crippen LogP contribution in [0.3, 0.4) is 0 Å². The maximum absolute atomic E-state index is 10.8. The first-order valence-electron chi connectivity index (χ1n) is 4.92. The summed E-state index contributed by atoms with van der Waals surface area (Å²) >= 11 is 0. The summed E-state index contributed by atoms with van der Waals surface area (Å²) in [5.74, 6) is 0.622. The minimum atomic E-state index is -0.376. The average Bonchev–Trinajstić information content (AvgIpc) is 2.59. The highest BCUT2D eigenvalue weighted by molar-refractivity contribution is 5.84. The van der Waals surface area contributed by atoms with Crippen LogP contribution in [0.25, 0.3) is 0 Å². The van der Waals surface area contributed by atoms with Crippen molar-refractivity contribution in [1.29, 1.82) is 0 Å². The zero-order valence-electron chi connectivity index (χ0n) is 8.68. The number of rotatable bonds is 2. The number of aliphatic imine (C=N–C) groups is 1. The van der Waals surface area contributed by atoms with E-state index in [0.717, 1.165) is 5.56 Å². The molecule has 0 amide bonds. The zero-order chi connectivity index (χ0) is 11.0. The fourth-order valence-corrected chi connectivity index (χ4v) is 1.87. The quantitative estimate of drug-likeness (QED) is 0.549. The number of nitro benzene ring substituents is 1. The predicted molar refractivity (Wildman–Crippen MR) is 58.8 cm³/mol. The fraction of sp³-hybridized carbons (Fsp3) is 0.364. The fourth-order valence-electron chi connectivity index (χ4n) is 1.87. The van der Waals surface area contributed by atoms with Gasteiger partial charge in [-0.1, -0.05) is 26.0 Å². The highest BCUT2D eigenvalue weighted by atomic mass is 16.6. The van der Waals surface area contributed by atoms with E-state index in [0.29, 0.717) is 11.6 Å². The molecule has 1 unspecified atom stereocenters. The van der Waals surface area contributed by atoms with Gasteiger partial charge in [0.2, 0.25) is 0 Å². The van der Waals surface area contributed by atoms with Gasteiger partial charge in [-0.15, -0.1) is 0 Å². The van der Waals surface area contributed by atoms with Gasteiger partial charge in [-0.25, -0.2) is 0 Å². The second kappa shape index (κ2) is 3.46. The van der Waals surface area contributed by atoms with E-state index in [1.165, 1.54) is 6.07 Å². The topological polar surface area (TPSA) is 55.5 Å². The summed E-state index contributed by atoms with van der Waals surface area (Å²) in [6.07, 6.45) is 1.81. The molecule has 0 aliphatic carbocycles. The molecule has 0 aromatic heterocycles. The van der Waals surface area contributed by atoms with Crippen molar-refractivity contribution in [3.63, 3.8) is 0 Å². The summed E-state index contributed by atoms with van der Waals surface area (Å²) in [7, 11) is 0. The summed E-state index contributed by atoms with van der Waals surface area (Å²) in [6.45, 7) is 4.18. The van der Waals surface area contributed by atoms with Crippen LogP contribution in [0.1, 0.15) is 25.3 Å². The third-order valence-electron chi connectivity index (χ3n) is 2.68. The van der Waals surface area contributed by atoms with Crippen LogP contribution in [0.4, 0.5) is 11.4 Å². The molecule has 0 bridgehead atoms. The smallest absolute Gasteiger partial charge is 0.258 e. The summed E-state index contributed by atoms with van der Waals surface area (Å²) in [4.78, 5) is 14.5. The van der Waals surface area contributed by atoms with E-state index in [1.807, 2.05) is 12.3 Å². The van der Waals surface area contributed by atoms with E-state index in [-0.39, 0.29) is 16.5 Å². The third-order valence-corrected chi connectivity index (χ3v) is 2.68. The van der Waals surface area contributed by atoms with Crippen LogP contribution in [0.15, 0.2) is 23.2 Å². The molecule has 1 atom stereocenters. The molecule has 0 saturated heterocycles. The number of hydrogen-bond acceptors (Lipinski definition) is 3. The second-order valence-electron chi connectivity index (χ2n) is 4.02. The Morgan fingerprint density at radius 1 is 1.47 bits per heavy atom. The van der Waals surface area contributed by atoms with E-state index in [4.69, 9.17) is 0 Å². The van der Waals surface area contributed by atoms with Crippen LogP contribution >= 0.6 is 0 Å². The molecule has 4 nitrogen and oxygen atoms in total. The first-order chi connectivity index (χ1) is 7.11. The van der Waals surface area contributed by atoms with Crippen LogP contribution in [0.2, 0.25) is 0 Å². The molecule has 1 aliphatic rings. The molecule has 2 rings (SSSR count). The van der Waals surface area contributed by atoms with Gasteiger partial charge in [0, 0.05) is 18.2 Å². The molecule has 0 saturated carbocycles. The van der Waals surface area contributed by atoms with Gasteiger partial charge in [-0.2, -0.15) is 0 Å². The average molecular weight is 204 g/mol. The number of nitro groups is 1. The van der Waals surface area contributed by atoms with Gasteiger partial charge >= 0.3 is 0 Å². The van der Waals surface area contributed by atoms with E-state index >= 15 is 0 Å². The van der Waals surface area contributed by atoms with Crippen LogP contribution in [-0.2, 0) is 0 Å². The Balaban J connectivity index is 2.53. The Hall–Kier alpha value is -1.71. The van der Waals surface area contributed by atoms with Crippen molar-refractivity contribution in [2.24, 2.45) is 10.9 Å². The van der Waals surface area contributed by atoms with E-state index in [1.54, 1.807) is 6.07 Å². The van der Waals surface area contributed by atoms with Crippen LogP contribution < -0.4 is 0 Å². The van der Waals surface area contributed by atoms with Crippen molar-refractivity contribution in [3.8, 4) is 0 Å². The zero-order valence-corrected chi connectivity index (χ0v) is 8.68. The molecule has 1 aromatic carbocycles. The van der Waals surface area contributed by atoms with E-state index in [9.17, 15) is 10.1 Å². The highest BCUT2D eigenvalue weighted by Gasteiger charge is 2.27. The predicted octanol–water partition coefficient (Wildman–Crippen LogP) is 3.05. The molecule has 15 heavy (non-hydrogen) atoms. The number of nitrogens with zero attached hydrogens (tertiary/aromatic N) is 2. The van der Waals surface area contributed by atoms with Crippen molar-refractivity contribution in [1.82, 2.24) is 0 Å². The lowest BCUT2D eigenvalue weighted by Gasteiger charge is -2.12.